The summed E-state index contributed by atoms with van der Waals surface area (Å²) < 4.78 is 0. The first-order chi connectivity index (χ1) is 5.91. The summed E-state index contributed by atoms with van der Waals surface area (Å²) in [5.74, 6) is 0. The molecule has 2 nitrogen and oxygen atoms in total. The van der Waals surface area contributed by atoms with Crippen LogP contribution in [-0.4, -0.2) is 13.1 Å². The van der Waals surface area contributed by atoms with E-state index in [2.05, 4.69) is 23.6 Å². The van der Waals surface area contributed by atoms with Gasteiger partial charge in [0, 0.05) is 0 Å². The second kappa shape index (κ2) is 10.7. The fourth-order valence-electron chi connectivity index (χ4n) is 1.11. The average molecular weight is 172 g/mol. The van der Waals surface area contributed by atoms with E-state index >= 15 is 0 Å². The number of hydrogen-bond donors (Lipinski definition) is 2. The Hall–Kier alpha value is -0.340. The minimum absolute atomic E-state index is 1.08. The maximum atomic E-state index is 3.81. The van der Waals surface area contributed by atoms with Crippen LogP contribution in [0.25, 0.3) is 0 Å². The molecule has 0 aromatic rings. The smallest absolute Gasteiger partial charge is 0.0739 e. The highest BCUT2D eigenvalue weighted by molar-refractivity contribution is 4.81. The zero-order valence-corrected chi connectivity index (χ0v) is 8.23. The van der Waals surface area contributed by atoms with Gasteiger partial charge in [-0.05, 0) is 38.5 Å². The van der Waals surface area contributed by atoms with Crippen LogP contribution in [0.15, 0.2) is 12.2 Å². The molecule has 0 saturated heterocycles. The molecular weight excluding hydrogens is 148 g/mol. The van der Waals surface area contributed by atoms with Crippen molar-refractivity contribution in [2.75, 3.05) is 13.1 Å². The minimum Gasteiger partial charge on any atom is -0.358 e. The lowest BCUT2D eigenvalue weighted by molar-refractivity contribution is -0.368. The topological polar surface area (TPSA) is 55.3 Å². The first kappa shape index (κ1) is 11.7. The van der Waals surface area contributed by atoms with Gasteiger partial charge >= 0.3 is 0 Å². The summed E-state index contributed by atoms with van der Waals surface area (Å²) in [5, 5.41) is 0. The Balaban J connectivity index is 2.93. The van der Waals surface area contributed by atoms with E-state index < -0.39 is 0 Å². The average Bonchev–Trinajstić information content (AvgIpc) is 2.10. The van der Waals surface area contributed by atoms with E-state index in [-0.39, 0.29) is 0 Å². The largest absolute Gasteiger partial charge is 0.358 e. The molecule has 0 rings (SSSR count). The lowest BCUT2D eigenvalue weighted by atomic mass is 10.2. The SMILES string of the molecule is [NH3+]CCCC/C=C/CCCC[NH3+]. The molecule has 72 valence electrons. The van der Waals surface area contributed by atoms with Gasteiger partial charge in [-0.25, -0.2) is 0 Å². The van der Waals surface area contributed by atoms with E-state index in [1.165, 1.54) is 38.5 Å². The Morgan fingerprint density at radius 2 is 1.08 bits per heavy atom. The van der Waals surface area contributed by atoms with Crippen molar-refractivity contribution >= 4 is 0 Å². The van der Waals surface area contributed by atoms with Crippen molar-refractivity contribution in [1.82, 2.24) is 0 Å². The van der Waals surface area contributed by atoms with Gasteiger partial charge in [-0.2, -0.15) is 0 Å². The van der Waals surface area contributed by atoms with Crippen LogP contribution < -0.4 is 11.5 Å². The molecule has 0 unspecified atom stereocenters. The maximum Gasteiger partial charge on any atom is 0.0739 e. The maximum absolute atomic E-state index is 3.81. The van der Waals surface area contributed by atoms with Crippen molar-refractivity contribution in [2.45, 2.75) is 38.5 Å². The Bertz CT molecular complexity index is 88.0. The summed E-state index contributed by atoms with van der Waals surface area (Å²) in [4.78, 5) is 0. The summed E-state index contributed by atoms with van der Waals surface area (Å²) in [6.07, 6.45) is 12.2. The molecule has 0 bridgehead atoms. The van der Waals surface area contributed by atoms with Gasteiger partial charge in [-0.3, -0.25) is 0 Å². The molecule has 0 amide bonds. The zero-order valence-electron chi connectivity index (χ0n) is 8.23. The summed E-state index contributed by atoms with van der Waals surface area (Å²) in [7, 11) is 0. The number of unbranched alkanes of at least 4 members (excludes halogenated alkanes) is 4. The Kier molecular flexibility index (Phi) is 10.4. The van der Waals surface area contributed by atoms with E-state index in [0.29, 0.717) is 0 Å². The standard InChI is InChI=1S/C10H22N2/c11-9-7-5-3-1-2-4-6-8-10-12/h1-2H,3-12H2/p+2/b2-1+. The van der Waals surface area contributed by atoms with Crippen LogP contribution in [-0.2, 0) is 0 Å². The van der Waals surface area contributed by atoms with E-state index in [4.69, 9.17) is 0 Å². The molecule has 0 heterocycles. The van der Waals surface area contributed by atoms with Crippen molar-refractivity contribution in [3.05, 3.63) is 12.2 Å². The number of allylic oxidation sites excluding steroid dienone is 2. The van der Waals surface area contributed by atoms with Crippen LogP contribution in [0.4, 0.5) is 0 Å². The first-order valence-electron chi connectivity index (χ1n) is 5.15. The van der Waals surface area contributed by atoms with Crippen LogP contribution in [0.3, 0.4) is 0 Å². The van der Waals surface area contributed by atoms with E-state index in [1.807, 2.05) is 0 Å². The van der Waals surface area contributed by atoms with Gasteiger partial charge in [0.05, 0.1) is 13.1 Å². The Morgan fingerprint density at radius 1 is 0.667 bits per heavy atom. The molecule has 0 aromatic heterocycles. The molecular formula is C10H24N2+2. The number of quaternary nitrogens is 2. The van der Waals surface area contributed by atoms with Crippen molar-refractivity contribution in [3.8, 4) is 0 Å². The highest BCUT2D eigenvalue weighted by atomic mass is 14.5. The summed E-state index contributed by atoms with van der Waals surface area (Å²) >= 11 is 0. The predicted molar refractivity (Wildman–Crippen MR) is 52.4 cm³/mol. The highest BCUT2D eigenvalue weighted by Gasteiger charge is 1.85. The summed E-state index contributed by atoms with van der Waals surface area (Å²) in [6.45, 7) is 2.16. The van der Waals surface area contributed by atoms with Crippen molar-refractivity contribution in [2.24, 2.45) is 0 Å². The molecule has 0 aliphatic heterocycles. The van der Waals surface area contributed by atoms with Crippen LogP contribution in [0.2, 0.25) is 0 Å². The second-order valence-electron chi connectivity index (χ2n) is 3.17. The molecule has 0 aliphatic rings. The second-order valence-corrected chi connectivity index (χ2v) is 3.17. The monoisotopic (exact) mass is 172 g/mol. The van der Waals surface area contributed by atoms with E-state index in [9.17, 15) is 0 Å². The van der Waals surface area contributed by atoms with Gasteiger partial charge in [0.25, 0.3) is 0 Å². The molecule has 0 spiro atoms. The molecule has 2 heteroatoms. The van der Waals surface area contributed by atoms with E-state index in [1.54, 1.807) is 0 Å². The van der Waals surface area contributed by atoms with Crippen LogP contribution in [0.1, 0.15) is 38.5 Å². The van der Waals surface area contributed by atoms with Gasteiger partial charge in [0.1, 0.15) is 0 Å². The van der Waals surface area contributed by atoms with Gasteiger partial charge in [-0.1, -0.05) is 12.2 Å². The van der Waals surface area contributed by atoms with Gasteiger partial charge in [-0.15, -0.1) is 0 Å². The number of hydrogen-bond acceptors (Lipinski definition) is 0. The van der Waals surface area contributed by atoms with Crippen molar-refractivity contribution < 1.29 is 11.5 Å². The third-order valence-corrected chi connectivity index (χ3v) is 1.91. The van der Waals surface area contributed by atoms with Gasteiger partial charge in [0.2, 0.25) is 0 Å². The normalized spacial score (nSPS) is 11.2. The van der Waals surface area contributed by atoms with E-state index in [0.717, 1.165) is 13.1 Å². The Labute approximate surface area is 76.0 Å². The first-order valence-corrected chi connectivity index (χ1v) is 5.15. The molecule has 0 atom stereocenters. The van der Waals surface area contributed by atoms with Crippen LogP contribution in [0, 0.1) is 0 Å². The number of rotatable bonds is 8. The third kappa shape index (κ3) is 9.66. The quantitative estimate of drug-likeness (QED) is 0.392. The van der Waals surface area contributed by atoms with Crippen LogP contribution in [0.5, 0.6) is 0 Å². The van der Waals surface area contributed by atoms with Gasteiger partial charge < -0.3 is 11.5 Å². The molecule has 12 heavy (non-hydrogen) atoms. The predicted octanol–water partition coefficient (Wildman–Crippen LogP) is 0.367. The third-order valence-electron chi connectivity index (χ3n) is 1.91. The fraction of sp³-hybridized carbons (Fsp3) is 0.800. The zero-order chi connectivity index (χ0) is 9.07. The summed E-state index contributed by atoms with van der Waals surface area (Å²) in [5.41, 5.74) is 7.63. The summed E-state index contributed by atoms with van der Waals surface area (Å²) in [6, 6.07) is 0. The minimum atomic E-state index is 1.08. The molecule has 6 N–H and O–H groups in total. The lowest BCUT2D eigenvalue weighted by Crippen LogP contribution is -2.50. The molecule has 0 saturated carbocycles. The Morgan fingerprint density at radius 3 is 1.42 bits per heavy atom. The van der Waals surface area contributed by atoms with Gasteiger partial charge in [0.15, 0.2) is 0 Å². The fourth-order valence-corrected chi connectivity index (χ4v) is 1.11. The lowest BCUT2D eigenvalue weighted by Gasteiger charge is -1.91. The molecule has 0 aromatic carbocycles. The van der Waals surface area contributed by atoms with Crippen molar-refractivity contribution in [3.63, 3.8) is 0 Å². The molecule has 0 aliphatic carbocycles. The molecule has 0 radical (unpaired) electrons. The highest BCUT2D eigenvalue weighted by Crippen LogP contribution is 1.98. The van der Waals surface area contributed by atoms with Crippen LogP contribution >= 0.6 is 0 Å². The molecule has 0 fully saturated rings. The van der Waals surface area contributed by atoms with Crippen molar-refractivity contribution in [1.29, 1.82) is 0 Å².